The van der Waals surface area contributed by atoms with Crippen LogP contribution in [0.1, 0.15) is 0 Å². The molecular formula is C6H13NO10P2. The molecule has 19 heavy (non-hydrogen) atoms. The molecule has 0 bridgehead atoms. The van der Waals surface area contributed by atoms with E-state index in [2.05, 4.69) is 0 Å². The summed E-state index contributed by atoms with van der Waals surface area (Å²) in [6.45, 7) is -2.92. The fourth-order valence-corrected chi connectivity index (χ4v) is 3.66. The molecule has 0 unspecified atom stereocenters. The van der Waals surface area contributed by atoms with Crippen LogP contribution < -0.4 is 0 Å². The molecule has 0 fully saturated rings. The van der Waals surface area contributed by atoms with Crippen molar-refractivity contribution in [2.75, 3.05) is 19.6 Å². The van der Waals surface area contributed by atoms with Crippen molar-refractivity contribution in [1.29, 1.82) is 0 Å². The van der Waals surface area contributed by atoms with Crippen LogP contribution in [0.3, 0.4) is 0 Å². The summed E-state index contributed by atoms with van der Waals surface area (Å²) in [6.07, 6.45) is 0. The standard InChI is InChI=1S/C6H13NO10P2/c8-4(9)1-7(2-5(10)11)3-6(18(12,13)14)19(15,16)17/h6H,1-3H2,(H,8,9)(H,10,11)(H2,12,13,14)(H2,15,16,17). The summed E-state index contributed by atoms with van der Waals surface area (Å²) >= 11 is 0. The molecule has 11 nitrogen and oxygen atoms in total. The quantitative estimate of drug-likeness (QED) is 0.274. The van der Waals surface area contributed by atoms with Crippen molar-refractivity contribution in [1.82, 2.24) is 4.90 Å². The lowest BCUT2D eigenvalue weighted by molar-refractivity contribution is -0.141. The minimum Gasteiger partial charge on any atom is -0.480 e. The van der Waals surface area contributed by atoms with Crippen molar-refractivity contribution in [3.8, 4) is 0 Å². The van der Waals surface area contributed by atoms with Crippen molar-refractivity contribution in [3.05, 3.63) is 0 Å². The first-order valence-electron chi connectivity index (χ1n) is 4.60. The second-order valence-corrected chi connectivity index (χ2v) is 7.63. The Morgan fingerprint density at radius 2 is 1.21 bits per heavy atom. The Labute approximate surface area is 106 Å². The van der Waals surface area contributed by atoms with Crippen LogP contribution in [-0.2, 0) is 18.7 Å². The zero-order valence-electron chi connectivity index (χ0n) is 9.36. The molecule has 0 spiro atoms. The predicted octanol–water partition coefficient (Wildman–Crippen LogP) is -1.86. The first-order chi connectivity index (χ1) is 8.34. The number of carbonyl (C=O) groups is 2. The Balaban J connectivity index is 5.15. The highest BCUT2D eigenvalue weighted by Crippen LogP contribution is 2.59. The van der Waals surface area contributed by atoms with Gasteiger partial charge in [0.2, 0.25) is 0 Å². The first kappa shape index (κ1) is 18.2. The van der Waals surface area contributed by atoms with Crippen molar-refractivity contribution >= 4 is 27.1 Å². The van der Waals surface area contributed by atoms with Crippen LogP contribution >= 0.6 is 15.2 Å². The largest absolute Gasteiger partial charge is 0.480 e. The molecule has 0 aliphatic carbocycles. The fourth-order valence-electron chi connectivity index (χ4n) is 1.21. The van der Waals surface area contributed by atoms with Crippen LogP contribution in [0.5, 0.6) is 0 Å². The Bertz CT molecular complexity index is 399. The van der Waals surface area contributed by atoms with Gasteiger partial charge in [-0.1, -0.05) is 0 Å². The zero-order chi connectivity index (χ0) is 15.4. The van der Waals surface area contributed by atoms with Gasteiger partial charge in [-0.15, -0.1) is 0 Å². The van der Waals surface area contributed by atoms with Crippen molar-refractivity contribution in [2.45, 2.75) is 5.40 Å². The molecule has 0 aromatic rings. The normalized spacial score (nSPS) is 12.9. The van der Waals surface area contributed by atoms with Crippen LogP contribution in [-0.4, -0.2) is 71.7 Å². The molecule has 13 heteroatoms. The minimum absolute atomic E-state index is 0.507. The van der Waals surface area contributed by atoms with E-state index in [1.807, 2.05) is 0 Å². The lowest BCUT2D eigenvalue weighted by Crippen LogP contribution is -2.39. The number of hydrogen-bond acceptors (Lipinski definition) is 5. The SMILES string of the molecule is O=C(O)CN(CC(=O)O)CC(P(=O)(O)O)P(=O)(O)O. The Morgan fingerprint density at radius 3 is 1.42 bits per heavy atom. The summed E-state index contributed by atoms with van der Waals surface area (Å²) in [5, 5.41) is 14.5. The van der Waals surface area contributed by atoms with Crippen LogP contribution in [0.25, 0.3) is 0 Å². The van der Waals surface area contributed by atoms with Gasteiger partial charge in [-0.3, -0.25) is 23.6 Å². The number of carboxylic acids is 2. The monoisotopic (exact) mass is 321 g/mol. The number of nitrogens with zero attached hydrogens (tertiary/aromatic N) is 1. The number of aliphatic carboxylic acids is 2. The summed E-state index contributed by atoms with van der Waals surface area (Å²) in [4.78, 5) is 56.7. The summed E-state index contributed by atoms with van der Waals surface area (Å²) in [5.41, 5.74) is 0. The third-order valence-electron chi connectivity index (χ3n) is 1.92. The molecule has 0 heterocycles. The van der Waals surface area contributed by atoms with Gasteiger partial charge in [0.15, 0.2) is 5.40 Å². The van der Waals surface area contributed by atoms with E-state index in [1.54, 1.807) is 0 Å². The van der Waals surface area contributed by atoms with Crippen molar-refractivity contribution < 1.29 is 48.5 Å². The predicted molar refractivity (Wildman–Crippen MR) is 59.6 cm³/mol. The van der Waals surface area contributed by atoms with Gasteiger partial charge in [0.25, 0.3) is 0 Å². The average Bonchev–Trinajstić information content (AvgIpc) is 2.07. The lowest BCUT2D eigenvalue weighted by atomic mass is 10.4. The van der Waals surface area contributed by atoms with Crippen LogP contribution in [0.2, 0.25) is 0 Å². The van der Waals surface area contributed by atoms with E-state index in [4.69, 9.17) is 29.8 Å². The van der Waals surface area contributed by atoms with E-state index in [0.29, 0.717) is 4.90 Å². The van der Waals surface area contributed by atoms with Gasteiger partial charge in [0.05, 0.1) is 13.1 Å². The van der Waals surface area contributed by atoms with E-state index in [0.717, 1.165) is 0 Å². The Morgan fingerprint density at radius 1 is 0.895 bits per heavy atom. The summed E-state index contributed by atoms with van der Waals surface area (Å²) < 4.78 is 21.9. The molecule has 6 N–H and O–H groups in total. The highest BCUT2D eigenvalue weighted by molar-refractivity contribution is 7.70. The lowest BCUT2D eigenvalue weighted by Gasteiger charge is -2.25. The molecule has 0 aromatic heterocycles. The van der Waals surface area contributed by atoms with Crippen LogP contribution in [0, 0.1) is 0 Å². The molecule has 0 saturated carbocycles. The van der Waals surface area contributed by atoms with E-state index in [9.17, 15) is 18.7 Å². The highest BCUT2D eigenvalue weighted by Gasteiger charge is 2.44. The second-order valence-electron chi connectivity index (χ2n) is 3.62. The number of hydrogen-bond donors (Lipinski definition) is 6. The van der Waals surface area contributed by atoms with Crippen molar-refractivity contribution in [2.24, 2.45) is 0 Å². The number of rotatable bonds is 8. The third kappa shape index (κ3) is 7.38. The summed E-state index contributed by atoms with van der Waals surface area (Å²) in [7, 11) is -10.5. The molecule has 112 valence electrons. The molecule has 0 rings (SSSR count). The molecule has 0 atom stereocenters. The van der Waals surface area contributed by atoms with Gasteiger partial charge < -0.3 is 29.8 Å². The van der Waals surface area contributed by atoms with Gasteiger partial charge in [-0.25, -0.2) is 0 Å². The maximum atomic E-state index is 11.0. The minimum atomic E-state index is -5.23. The molecule has 0 aliphatic heterocycles. The van der Waals surface area contributed by atoms with Gasteiger partial charge in [0, 0.05) is 6.54 Å². The van der Waals surface area contributed by atoms with Crippen LogP contribution in [0.4, 0.5) is 0 Å². The highest BCUT2D eigenvalue weighted by atomic mass is 31.2. The summed E-state index contributed by atoms with van der Waals surface area (Å²) in [6, 6.07) is 0. The molecule has 0 amide bonds. The van der Waals surface area contributed by atoms with E-state index in [-0.39, 0.29) is 0 Å². The van der Waals surface area contributed by atoms with E-state index >= 15 is 0 Å². The Hall–Kier alpha value is -0.800. The van der Waals surface area contributed by atoms with E-state index in [1.165, 1.54) is 0 Å². The Kier molecular flexibility index (Phi) is 6.30. The zero-order valence-corrected chi connectivity index (χ0v) is 11.1. The second kappa shape index (κ2) is 6.58. The fraction of sp³-hybridized carbons (Fsp3) is 0.667. The van der Waals surface area contributed by atoms with Crippen LogP contribution in [0.15, 0.2) is 0 Å². The molecular weight excluding hydrogens is 308 g/mol. The smallest absolute Gasteiger partial charge is 0.342 e. The van der Waals surface area contributed by atoms with Gasteiger partial charge >= 0.3 is 27.1 Å². The molecule has 0 aromatic carbocycles. The maximum absolute atomic E-state index is 11.0. The third-order valence-corrected chi connectivity index (χ3v) is 5.60. The first-order valence-corrected chi connectivity index (χ1v) is 7.96. The van der Waals surface area contributed by atoms with Gasteiger partial charge in [-0.2, -0.15) is 0 Å². The molecule has 0 radical (unpaired) electrons. The summed E-state index contributed by atoms with van der Waals surface area (Å²) in [5.74, 6) is -3.01. The molecule has 0 aliphatic rings. The van der Waals surface area contributed by atoms with Gasteiger partial charge in [0.1, 0.15) is 0 Å². The van der Waals surface area contributed by atoms with Gasteiger partial charge in [-0.05, 0) is 0 Å². The average molecular weight is 321 g/mol. The maximum Gasteiger partial charge on any atom is 0.342 e. The van der Waals surface area contributed by atoms with E-state index < -0.39 is 52.2 Å². The molecule has 0 saturated heterocycles. The van der Waals surface area contributed by atoms with Crippen molar-refractivity contribution in [3.63, 3.8) is 0 Å². The number of carboxylic acid groups (broad SMARTS) is 2. The topological polar surface area (TPSA) is 193 Å².